The fraction of sp³-hybridized carbons (Fsp3) is 0.645. The van der Waals surface area contributed by atoms with Gasteiger partial charge in [-0.2, -0.15) is 0 Å². The molecule has 0 atom stereocenters. The van der Waals surface area contributed by atoms with E-state index in [1.807, 2.05) is 18.3 Å². The van der Waals surface area contributed by atoms with E-state index in [2.05, 4.69) is 43.1 Å². The second-order valence-corrected chi connectivity index (χ2v) is 10.0. The lowest BCUT2D eigenvalue weighted by Gasteiger charge is -2.29. The summed E-state index contributed by atoms with van der Waals surface area (Å²) in [5, 5.41) is 0. The second kappa shape index (κ2) is 16.7. The van der Waals surface area contributed by atoms with Crippen molar-refractivity contribution in [3.8, 4) is 17.0 Å². The van der Waals surface area contributed by atoms with Crippen LogP contribution in [0.2, 0.25) is 0 Å². The summed E-state index contributed by atoms with van der Waals surface area (Å²) in [5.74, 6) is 1.45. The highest BCUT2D eigenvalue weighted by atomic mass is 16.7. The van der Waals surface area contributed by atoms with E-state index in [9.17, 15) is 0 Å². The molecule has 2 aromatic rings. The summed E-state index contributed by atoms with van der Waals surface area (Å²) in [4.78, 5) is 4.67. The Kier molecular flexibility index (Phi) is 13.2. The number of hydrogen-bond donors (Lipinski definition) is 0. The third-order valence-electron chi connectivity index (χ3n) is 6.91. The number of benzene rings is 1. The van der Waals surface area contributed by atoms with E-state index in [0.29, 0.717) is 5.92 Å². The molecule has 194 valence electrons. The number of nitrogens with zero attached hydrogens (tertiary/aromatic N) is 1. The van der Waals surface area contributed by atoms with Crippen molar-refractivity contribution in [2.45, 2.75) is 104 Å². The van der Waals surface area contributed by atoms with Crippen LogP contribution >= 0.6 is 0 Å². The van der Waals surface area contributed by atoms with Crippen LogP contribution in [0.25, 0.3) is 11.3 Å². The molecule has 0 saturated carbocycles. The average Bonchev–Trinajstić information content (AvgIpc) is 2.91. The van der Waals surface area contributed by atoms with Gasteiger partial charge in [0.15, 0.2) is 6.29 Å². The van der Waals surface area contributed by atoms with Crippen molar-refractivity contribution in [3.05, 3.63) is 48.2 Å². The van der Waals surface area contributed by atoms with Gasteiger partial charge in [-0.25, -0.2) is 0 Å². The molecule has 1 aliphatic heterocycles. The lowest BCUT2D eigenvalue weighted by Crippen LogP contribution is -2.27. The fourth-order valence-electron chi connectivity index (χ4n) is 4.63. The monoisotopic (exact) mass is 481 g/mol. The first-order chi connectivity index (χ1) is 17.3. The molecule has 0 unspecified atom stereocenters. The molecular formula is C31H47NO3. The summed E-state index contributed by atoms with van der Waals surface area (Å²) in [5.41, 5.74) is 3.03. The van der Waals surface area contributed by atoms with E-state index >= 15 is 0 Å². The Morgan fingerprint density at radius 1 is 0.743 bits per heavy atom. The third-order valence-corrected chi connectivity index (χ3v) is 6.91. The normalized spacial score (nSPS) is 18.0. The molecule has 0 spiro atoms. The van der Waals surface area contributed by atoms with Gasteiger partial charge in [-0.3, -0.25) is 4.98 Å². The standard InChI is InChI=1S/C31H47NO3/c1-3-5-7-9-11-13-15-26-24-34-31(35-25-26)28-18-21-30(32-23-28)27-16-19-29(20-17-27)33-22-14-12-10-8-6-4-2/h16-21,23,26,31H,3-15,22,24-25H2,1-2H3. The smallest absolute Gasteiger partial charge is 0.185 e. The van der Waals surface area contributed by atoms with Crippen molar-refractivity contribution in [3.63, 3.8) is 0 Å². The quantitative estimate of drug-likeness (QED) is 0.211. The van der Waals surface area contributed by atoms with Gasteiger partial charge in [-0.1, -0.05) is 90.5 Å². The van der Waals surface area contributed by atoms with Crippen LogP contribution in [0.4, 0.5) is 0 Å². The maximum Gasteiger partial charge on any atom is 0.185 e. The number of pyridine rings is 1. The van der Waals surface area contributed by atoms with E-state index in [4.69, 9.17) is 14.2 Å². The molecule has 0 amide bonds. The minimum absolute atomic E-state index is 0.296. The highest BCUT2D eigenvalue weighted by molar-refractivity contribution is 5.60. The molecule has 3 rings (SSSR count). The first kappa shape index (κ1) is 27.7. The number of unbranched alkanes of at least 4 members (excludes halogenated alkanes) is 10. The van der Waals surface area contributed by atoms with Gasteiger partial charge < -0.3 is 14.2 Å². The van der Waals surface area contributed by atoms with Crippen LogP contribution in [-0.2, 0) is 9.47 Å². The van der Waals surface area contributed by atoms with E-state index in [1.165, 1.54) is 77.0 Å². The minimum Gasteiger partial charge on any atom is -0.494 e. The molecule has 1 aliphatic rings. The highest BCUT2D eigenvalue weighted by Gasteiger charge is 2.23. The van der Waals surface area contributed by atoms with Gasteiger partial charge in [0.1, 0.15) is 5.75 Å². The first-order valence-electron chi connectivity index (χ1n) is 14.2. The van der Waals surface area contributed by atoms with Gasteiger partial charge in [0.25, 0.3) is 0 Å². The fourth-order valence-corrected chi connectivity index (χ4v) is 4.63. The van der Waals surface area contributed by atoms with Gasteiger partial charge in [0, 0.05) is 23.2 Å². The molecule has 4 nitrogen and oxygen atoms in total. The van der Waals surface area contributed by atoms with Gasteiger partial charge in [0.05, 0.1) is 25.5 Å². The van der Waals surface area contributed by atoms with Crippen LogP contribution in [0.15, 0.2) is 42.6 Å². The zero-order valence-electron chi connectivity index (χ0n) is 22.2. The molecule has 0 aliphatic carbocycles. The summed E-state index contributed by atoms with van der Waals surface area (Å²) < 4.78 is 18.0. The molecule has 1 aromatic heterocycles. The zero-order valence-corrected chi connectivity index (χ0v) is 22.2. The van der Waals surface area contributed by atoms with Crippen LogP contribution in [0.5, 0.6) is 5.75 Å². The van der Waals surface area contributed by atoms with Crippen LogP contribution in [-0.4, -0.2) is 24.8 Å². The van der Waals surface area contributed by atoms with Crippen molar-refractivity contribution in [2.24, 2.45) is 5.92 Å². The van der Waals surface area contributed by atoms with Crippen molar-refractivity contribution >= 4 is 0 Å². The lowest BCUT2D eigenvalue weighted by molar-refractivity contribution is -0.206. The van der Waals surface area contributed by atoms with Crippen LogP contribution in [0.3, 0.4) is 0 Å². The van der Waals surface area contributed by atoms with Crippen molar-refractivity contribution < 1.29 is 14.2 Å². The van der Waals surface area contributed by atoms with Crippen LogP contribution in [0.1, 0.15) is 109 Å². The molecule has 1 fully saturated rings. The van der Waals surface area contributed by atoms with E-state index in [-0.39, 0.29) is 6.29 Å². The zero-order chi connectivity index (χ0) is 24.6. The molecule has 0 N–H and O–H groups in total. The molecule has 1 saturated heterocycles. The van der Waals surface area contributed by atoms with Gasteiger partial charge in [-0.05, 0) is 43.2 Å². The predicted octanol–water partition coefficient (Wildman–Crippen LogP) is 8.90. The Balaban J connectivity index is 1.35. The summed E-state index contributed by atoms with van der Waals surface area (Å²) in [6.45, 7) is 6.87. The summed E-state index contributed by atoms with van der Waals surface area (Å²) in [6, 6.07) is 12.4. The second-order valence-electron chi connectivity index (χ2n) is 10.0. The summed E-state index contributed by atoms with van der Waals surface area (Å²) in [7, 11) is 0. The molecule has 0 bridgehead atoms. The molecular weight excluding hydrogens is 434 g/mol. The van der Waals surface area contributed by atoms with E-state index < -0.39 is 0 Å². The highest BCUT2D eigenvalue weighted by Crippen LogP contribution is 2.28. The molecule has 0 radical (unpaired) electrons. The van der Waals surface area contributed by atoms with Gasteiger partial charge >= 0.3 is 0 Å². The van der Waals surface area contributed by atoms with Crippen molar-refractivity contribution in [1.82, 2.24) is 4.98 Å². The third kappa shape index (κ3) is 10.3. The van der Waals surface area contributed by atoms with Gasteiger partial charge in [-0.15, -0.1) is 0 Å². The van der Waals surface area contributed by atoms with Crippen molar-refractivity contribution in [2.75, 3.05) is 19.8 Å². The van der Waals surface area contributed by atoms with Gasteiger partial charge in [0.2, 0.25) is 0 Å². The number of hydrogen-bond acceptors (Lipinski definition) is 4. The minimum atomic E-state index is -0.296. The molecule has 2 heterocycles. The lowest BCUT2D eigenvalue weighted by atomic mass is 10.0. The van der Waals surface area contributed by atoms with E-state index in [1.54, 1.807) is 0 Å². The van der Waals surface area contributed by atoms with Crippen molar-refractivity contribution in [1.29, 1.82) is 0 Å². The van der Waals surface area contributed by atoms with E-state index in [0.717, 1.165) is 48.8 Å². The predicted molar refractivity (Wildman–Crippen MR) is 145 cm³/mol. The molecule has 35 heavy (non-hydrogen) atoms. The SMILES string of the molecule is CCCCCCCCOc1ccc(-c2ccc(C3OCC(CCCCCCCC)CO3)cn2)cc1. The topological polar surface area (TPSA) is 40.6 Å². The Bertz CT molecular complexity index is 782. The number of aromatic nitrogens is 1. The Hall–Kier alpha value is -1.91. The largest absolute Gasteiger partial charge is 0.494 e. The van der Waals surface area contributed by atoms with Crippen LogP contribution in [0, 0.1) is 5.92 Å². The first-order valence-corrected chi connectivity index (χ1v) is 14.2. The Morgan fingerprint density at radius 2 is 1.37 bits per heavy atom. The number of ether oxygens (including phenoxy) is 3. The molecule has 1 aromatic carbocycles. The number of rotatable bonds is 17. The summed E-state index contributed by atoms with van der Waals surface area (Å²) in [6.07, 6.45) is 18.5. The van der Waals surface area contributed by atoms with Crippen LogP contribution < -0.4 is 4.74 Å². The summed E-state index contributed by atoms with van der Waals surface area (Å²) >= 11 is 0. The average molecular weight is 482 g/mol. The molecule has 4 heteroatoms. The Morgan fingerprint density at radius 3 is 2.00 bits per heavy atom. The Labute approximate surface area is 213 Å². The maximum absolute atomic E-state index is 6.03. The maximum atomic E-state index is 6.03.